The highest BCUT2D eigenvalue weighted by Crippen LogP contribution is 2.33. The molecule has 2 saturated heterocycles. The van der Waals surface area contributed by atoms with Gasteiger partial charge in [-0.25, -0.2) is 4.79 Å². The molecule has 1 aromatic carbocycles. The lowest BCUT2D eigenvalue weighted by atomic mass is 10.1. The van der Waals surface area contributed by atoms with Crippen LogP contribution in [0, 0.1) is 0 Å². The first-order chi connectivity index (χ1) is 11.9. The molecule has 138 valence electrons. The highest BCUT2D eigenvalue weighted by Gasteiger charge is 2.35. The molecule has 2 aliphatic heterocycles. The number of ether oxygens (including phenoxy) is 3. The quantitative estimate of drug-likeness (QED) is 0.804. The van der Waals surface area contributed by atoms with Crippen LogP contribution in [-0.2, 0) is 20.4 Å². The SMILES string of the molecule is O=C1OC(c2cccc(C(F)(F)F)c2)CN1CCOC1CCCCO1. The Morgan fingerprint density at radius 1 is 1.28 bits per heavy atom. The average molecular weight is 359 g/mol. The van der Waals surface area contributed by atoms with Gasteiger partial charge < -0.3 is 19.1 Å². The Morgan fingerprint density at radius 2 is 2.12 bits per heavy atom. The molecule has 0 bridgehead atoms. The van der Waals surface area contributed by atoms with Crippen LogP contribution >= 0.6 is 0 Å². The predicted octanol–water partition coefficient (Wildman–Crippen LogP) is 3.74. The molecule has 2 unspecified atom stereocenters. The van der Waals surface area contributed by atoms with Gasteiger partial charge in [-0.3, -0.25) is 0 Å². The van der Waals surface area contributed by atoms with Crippen molar-refractivity contribution in [2.24, 2.45) is 0 Å². The summed E-state index contributed by atoms with van der Waals surface area (Å²) in [5.74, 6) is 0. The second kappa shape index (κ2) is 7.61. The van der Waals surface area contributed by atoms with Gasteiger partial charge in [0.15, 0.2) is 6.29 Å². The van der Waals surface area contributed by atoms with Crippen LogP contribution in [0.2, 0.25) is 0 Å². The van der Waals surface area contributed by atoms with E-state index in [-0.39, 0.29) is 12.8 Å². The standard InChI is InChI=1S/C17H20F3NO4/c18-17(19,20)13-5-3-4-12(10-13)14-11-21(16(22)25-14)7-9-24-15-6-1-2-8-23-15/h3-5,10,14-15H,1-2,6-9,11H2. The number of hydrogen-bond donors (Lipinski definition) is 0. The minimum absolute atomic E-state index is 0.203. The summed E-state index contributed by atoms with van der Waals surface area (Å²) in [4.78, 5) is 13.4. The van der Waals surface area contributed by atoms with E-state index in [1.807, 2.05) is 0 Å². The Labute approximate surface area is 143 Å². The molecule has 2 aliphatic rings. The summed E-state index contributed by atoms with van der Waals surface area (Å²) in [6, 6.07) is 4.87. The van der Waals surface area contributed by atoms with E-state index >= 15 is 0 Å². The van der Waals surface area contributed by atoms with E-state index in [0.717, 1.165) is 31.4 Å². The van der Waals surface area contributed by atoms with Crippen molar-refractivity contribution in [3.05, 3.63) is 35.4 Å². The third kappa shape index (κ3) is 4.64. The predicted molar refractivity (Wildman–Crippen MR) is 81.8 cm³/mol. The Morgan fingerprint density at radius 3 is 2.84 bits per heavy atom. The number of carbonyl (C=O) groups is 1. The van der Waals surface area contributed by atoms with Crippen LogP contribution in [0.25, 0.3) is 0 Å². The van der Waals surface area contributed by atoms with Gasteiger partial charge in [-0.1, -0.05) is 12.1 Å². The zero-order valence-electron chi connectivity index (χ0n) is 13.6. The van der Waals surface area contributed by atoms with Crippen molar-refractivity contribution in [1.29, 1.82) is 0 Å². The lowest BCUT2D eigenvalue weighted by Gasteiger charge is -2.23. The molecule has 2 heterocycles. The van der Waals surface area contributed by atoms with Gasteiger partial charge in [-0.2, -0.15) is 13.2 Å². The zero-order valence-corrected chi connectivity index (χ0v) is 13.6. The number of hydrogen-bond acceptors (Lipinski definition) is 4. The van der Waals surface area contributed by atoms with Crippen molar-refractivity contribution >= 4 is 6.09 Å². The van der Waals surface area contributed by atoms with Gasteiger partial charge in [0.25, 0.3) is 0 Å². The number of nitrogens with zero attached hydrogens (tertiary/aromatic N) is 1. The fourth-order valence-corrected chi connectivity index (χ4v) is 2.92. The lowest BCUT2D eigenvalue weighted by Crippen LogP contribution is -2.31. The maximum absolute atomic E-state index is 12.8. The minimum Gasteiger partial charge on any atom is -0.439 e. The molecule has 0 aliphatic carbocycles. The van der Waals surface area contributed by atoms with Crippen LogP contribution in [0.3, 0.4) is 0 Å². The number of halogens is 3. The largest absolute Gasteiger partial charge is 0.439 e. The van der Waals surface area contributed by atoms with Gasteiger partial charge in [0.05, 0.1) is 18.7 Å². The molecule has 2 atom stereocenters. The summed E-state index contributed by atoms with van der Waals surface area (Å²) in [6.45, 7) is 1.49. The van der Waals surface area contributed by atoms with E-state index in [1.54, 1.807) is 0 Å². The van der Waals surface area contributed by atoms with Crippen LogP contribution in [0.4, 0.5) is 18.0 Å². The number of alkyl halides is 3. The van der Waals surface area contributed by atoms with Crippen LogP contribution < -0.4 is 0 Å². The number of amides is 1. The molecule has 0 spiro atoms. The van der Waals surface area contributed by atoms with Crippen LogP contribution in [0.1, 0.15) is 36.5 Å². The molecule has 0 radical (unpaired) electrons. The van der Waals surface area contributed by atoms with E-state index in [9.17, 15) is 18.0 Å². The first-order valence-corrected chi connectivity index (χ1v) is 8.29. The molecule has 0 N–H and O–H groups in total. The normalized spacial score (nSPS) is 24.4. The minimum atomic E-state index is -4.42. The van der Waals surface area contributed by atoms with Crippen molar-refractivity contribution in [3.63, 3.8) is 0 Å². The van der Waals surface area contributed by atoms with Crippen LogP contribution in [0.15, 0.2) is 24.3 Å². The Bertz CT molecular complexity index is 602. The molecule has 5 nitrogen and oxygen atoms in total. The highest BCUT2D eigenvalue weighted by molar-refractivity contribution is 5.70. The maximum atomic E-state index is 12.8. The van der Waals surface area contributed by atoms with E-state index in [1.165, 1.54) is 17.0 Å². The molecule has 8 heteroatoms. The van der Waals surface area contributed by atoms with E-state index in [0.29, 0.717) is 25.3 Å². The number of benzene rings is 1. The molecular weight excluding hydrogens is 339 g/mol. The fraction of sp³-hybridized carbons (Fsp3) is 0.588. The van der Waals surface area contributed by atoms with Gasteiger partial charge in [0.2, 0.25) is 0 Å². The first-order valence-electron chi connectivity index (χ1n) is 8.29. The average Bonchev–Trinajstić information content (AvgIpc) is 2.96. The van der Waals surface area contributed by atoms with Gasteiger partial charge in [-0.05, 0) is 37.0 Å². The van der Waals surface area contributed by atoms with Gasteiger partial charge in [0.1, 0.15) is 6.10 Å². The summed E-state index contributed by atoms with van der Waals surface area (Å²) in [5.41, 5.74) is -0.417. The molecule has 0 saturated carbocycles. The number of carbonyl (C=O) groups excluding carboxylic acids is 1. The summed E-state index contributed by atoms with van der Waals surface area (Å²) < 4.78 is 54.6. The molecule has 1 aromatic rings. The summed E-state index contributed by atoms with van der Waals surface area (Å²) in [6.07, 6.45) is -3.02. The van der Waals surface area contributed by atoms with Crippen molar-refractivity contribution in [1.82, 2.24) is 4.90 Å². The highest BCUT2D eigenvalue weighted by atomic mass is 19.4. The van der Waals surface area contributed by atoms with Gasteiger partial charge in [0, 0.05) is 13.2 Å². The summed E-state index contributed by atoms with van der Waals surface area (Å²) in [5, 5.41) is 0. The lowest BCUT2D eigenvalue weighted by molar-refractivity contribution is -0.163. The maximum Gasteiger partial charge on any atom is 0.416 e. The molecule has 2 fully saturated rings. The monoisotopic (exact) mass is 359 g/mol. The molecule has 25 heavy (non-hydrogen) atoms. The van der Waals surface area contributed by atoms with E-state index in [2.05, 4.69) is 0 Å². The third-order valence-corrected chi connectivity index (χ3v) is 4.28. The van der Waals surface area contributed by atoms with Crippen molar-refractivity contribution in [2.45, 2.75) is 37.8 Å². The fourth-order valence-electron chi connectivity index (χ4n) is 2.92. The molecule has 3 rings (SSSR count). The van der Waals surface area contributed by atoms with Crippen LogP contribution in [-0.4, -0.2) is 43.6 Å². The van der Waals surface area contributed by atoms with Crippen molar-refractivity contribution < 1.29 is 32.2 Å². The topological polar surface area (TPSA) is 48.0 Å². The van der Waals surface area contributed by atoms with Crippen molar-refractivity contribution in [2.75, 3.05) is 26.3 Å². The zero-order chi connectivity index (χ0) is 17.9. The molecule has 0 aromatic heterocycles. The number of rotatable bonds is 5. The number of cyclic esters (lactones) is 1. The Hall–Kier alpha value is -1.80. The smallest absolute Gasteiger partial charge is 0.416 e. The van der Waals surface area contributed by atoms with Gasteiger partial charge in [-0.15, -0.1) is 0 Å². The second-order valence-electron chi connectivity index (χ2n) is 6.11. The van der Waals surface area contributed by atoms with E-state index in [4.69, 9.17) is 14.2 Å². The Balaban J connectivity index is 1.53. The first kappa shape index (κ1) is 18.0. The van der Waals surface area contributed by atoms with Crippen LogP contribution in [0.5, 0.6) is 0 Å². The summed E-state index contributed by atoms with van der Waals surface area (Å²) >= 11 is 0. The Kier molecular flexibility index (Phi) is 5.48. The summed E-state index contributed by atoms with van der Waals surface area (Å²) in [7, 11) is 0. The molecule has 1 amide bonds. The molecular formula is C17H20F3NO4. The van der Waals surface area contributed by atoms with Crippen molar-refractivity contribution in [3.8, 4) is 0 Å². The third-order valence-electron chi connectivity index (χ3n) is 4.28. The van der Waals surface area contributed by atoms with Gasteiger partial charge >= 0.3 is 12.3 Å². The van der Waals surface area contributed by atoms with E-state index < -0.39 is 23.9 Å². The second-order valence-corrected chi connectivity index (χ2v) is 6.11.